The quantitative estimate of drug-likeness (QED) is 0.566. The summed E-state index contributed by atoms with van der Waals surface area (Å²) < 4.78 is 0. The van der Waals surface area contributed by atoms with Gasteiger partial charge >= 0.3 is 5.97 Å². The molecule has 3 nitrogen and oxygen atoms in total. The third kappa shape index (κ3) is 3.58. The molecule has 0 heterocycles. The van der Waals surface area contributed by atoms with Crippen molar-refractivity contribution in [2.24, 2.45) is 0 Å². The molecule has 0 spiro atoms. The molecule has 0 aliphatic rings. The van der Waals surface area contributed by atoms with Gasteiger partial charge in [0.15, 0.2) is 0 Å². The van der Waals surface area contributed by atoms with Gasteiger partial charge in [-0.05, 0) is 17.7 Å². The predicted molar refractivity (Wildman–Crippen MR) is 53.9 cm³/mol. The maximum Gasteiger partial charge on any atom is 0.328 e. The van der Waals surface area contributed by atoms with Gasteiger partial charge in [0.05, 0.1) is 0 Å². The zero-order chi connectivity index (χ0) is 10.4. The second-order valence-electron chi connectivity index (χ2n) is 2.65. The zero-order valence-corrected chi connectivity index (χ0v) is 7.42. The number of benzene rings is 1. The van der Waals surface area contributed by atoms with Crippen LogP contribution in [-0.4, -0.2) is 16.2 Å². The lowest BCUT2D eigenvalue weighted by Crippen LogP contribution is -1.84. The van der Waals surface area contributed by atoms with Gasteiger partial charge in [0, 0.05) is 6.08 Å². The van der Waals surface area contributed by atoms with Gasteiger partial charge in [-0.1, -0.05) is 30.4 Å². The van der Waals surface area contributed by atoms with Gasteiger partial charge in [0.1, 0.15) is 5.75 Å². The molecule has 1 aromatic carbocycles. The first kappa shape index (κ1) is 10.1. The minimum Gasteiger partial charge on any atom is -0.508 e. The van der Waals surface area contributed by atoms with E-state index < -0.39 is 5.97 Å². The number of hydrogen-bond donors (Lipinski definition) is 2. The third-order valence-corrected chi connectivity index (χ3v) is 1.53. The molecule has 1 aromatic rings. The van der Waals surface area contributed by atoms with E-state index in [0.29, 0.717) is 0 Å². The van der Waals surface area contributed by atoms with Gasteiger partial charge in [-0.15, -0.1) is 0 Å². The topological polar surface area (TPSA) is 57.5 Å². The number of phenols is 1. The third-order valence-electron chi connectivity index (χ3n) is 1.53. The molecular weight excluding hydrogens is 180 g/mol. The number of phenolic OH excluding ortho intramolecular Hbond substituents is 1. The number of carboxylic acid groups (broad SMARTS) is 1. The van der Waals surface area contributed by atoms with Crippen LogP contribution in [-0.2, 0) is 4.79 Å². The van der Waals surface area contributed by atoms with E-state index in [9.17, 15) is 4.79 Å². The molecule has 0 atom stereocenters. The average Bonchev–Trinajstić information content (AvgIpc) is 2.15. The highest BCUT2D eigenvalue weighted by Crippen LogP contribution is 2.10. The minimum absolute atomic E-state index is 0.211. The highest BCUT2D eigenvalue weighted by Gasteiger charge is 1.86. The summed E-state index contributed by atoms with van der Waals surface area (Å²) in [6.45, 7) is 0. The Morgan fingerprint density at radius 1 is 1.14 bits per heavy atom. The molecule has 0 fully saturated rings. The van der Waals surface area contributed by atoms with Gasteiger partial charge < -0.3 is 10.2 Å². The van der Waals surface area contributed by atoms with Gasteiger partial charge in [-0.2, -0.15) is 0 Å². The van der Waals surface area contributed by atoms with Crippen molar-refractivity contribution in [1.82, 2.24) is 0 Å². The number of allylic oxidation sites excluding steroid dienone is 2. The molecule has 2 N–H and O–H groups in total. The van der Waals surface area contributed by atoms with E-state index in [1.54, 1.807) is 36.4 Å². The van der Waals surface area contributed by atoms with Crippen LogP contribution in [0.3, 0.4) is 0 Å². The lowest BCUT2D eigenvalue weighted by Gasteiger charge is -1.92. The van der Waals surface area contributed by atoms with Crippen molar-refractivity contribution >= 4 is 12.0 Å². The number of aromatic hydroxyl groups is 1. The highest BCUT2D eigenvalue weighted by atomic mass is 16.4. The molecule has 0 saturated carbocycles. The molecule has 0 aliphatic carbocycles. The fraction of sp³-hybridized carbons (Fsp3) is 0. The molecule has 3 heteroatoms. The highest BCUT2D eigenvalue weighted by molar-refractivity contribution is 5.80. The summed E-state index contributed by atoms with van der Waals surface area (Å²) in [5.74, 6) is -0.761. The van der Waals surface area contributed by atoms with Gasteiger partial charge in [-0.25, -0.2) is 4.79 Å². The molecule has 0 aliphatic heterocycles. The number of carbonyl (C=O) groups is 1. The molecule has 14 heavy (non-hydrogen) atoms. The fourth-order valence-electron chi connectivity index (χ4n) is 0.890. The van der Waals surface area contributed by atoms with E-state index in [1.807, 2.05) is 0 Å². The van der Waals surface area contributed by atoms with Crippen molar-refractivity contribution in [3.8, 4) is 5.75 Å². The van der Waals surface area contributed by atoms with Crippen molar-refractivity contribution in [3.05, 3.63) is 48.1 Å². The Hall–Kier alpha value is -2.03. The molecule has 0 bridgehead atoms. The van der Waals surface area contributed by atoms with E-state index in [2.05, 4.69) is 0 Å². The van der Waals surface area contributed by atoms with Crippen LogP contribution >= 0.6 is 0 Å². The maximum atomic E-state index is 10.1. The number of aliphatic carboxylic acids is 1. The Morgan fingerprint density at radius 2 is 1.79 bits per heavy atom. The van der Waals surface area contributed by atoms with Crippen LogP contribution in [0.5, 0.6) is 5.75 Å². The van der Waals surface area contributed by atoms with Crippen molar-refractivity contribution < 1.29 is 15.0 Å². The van der Waals surface area contributed by atoms with Crippen LogP contribution < -0.4 is 0 Å². The monoisotopic (exact) mass is 190 g/mol. The van der Waals surface area contributed by atoms with Crippen molar-refractivity contribution in [3.63, 3.8) is 0 Å². The summed E-state index contributed by atoms with van der Waals surface area (Å²) in [7, 11) is 0. The normalized spacial score (nSPS) is 11.1. The van der Waals surface area contributed by atoms with Gasteiger partial charge in [0.2, 0.25) is 0 Å². The minimum atomic E-state index is -0.972. The second kappa shape index (κ2) is 4.87. The molecule has 0 saturated heterocycles. The first-order valence-electron chi connectivity index (χ1n) is 4.05. The predicted octanol–water partition coefficient (Wildman–Crippen LogP) is 2.05. The average molecular weight is 190 g/mol. The number of hydrogen-bond acceptors (Lipinski definition) is 2. The van der Waals surface area contributed by atoms with Crippen LogP contribution in [0.15, 0.2) is 42.5 Å². The van der Waals surface area contributed by atoms with Crippen molar-refractivity contribution in [1.29, 1.82) is 0 Å². The number of carboxylic acids is 1. The molecule has 0 aromatic heterocycles. The Kier molecular flexibility index (Phi) is 3.49. The summed E-state index contributed by atoms with van der Waals surface area (Å²) in [4.78, 5) is 10.1. The Labute approximate surface area is 81.6 Å². The maximum absolute atomic E-state index is 10.1. The number of rotatable bonds is 3. The SMILES string of the molecule is O=C(O)/C=C\C=C\c1ccc(O)cc1. The van der Waals surface area contributed by atoms with Gasteiger partial charge in [0.25, 0.3) is 0 Å². The van der Waals surface area contributed by atoms with Crippen LogP contribution in [0.2, 0.25) is 0 Å². The van der Waals surface area contributed by atoms with E-state index in [4.69, 9.17) is 10.2 Å². The fourth-order valence-corrected chi connectivity index (χ4v) is 0.890. The zero-order valence-electron chi connectivity index (χ0n) is 7.42. The lowest BCUT2D eigenvalue weighted by atomic mass is 10.2. The molecular formula is C11H10O3. The Bertz CT molecular complexity index is 361. The largest absolute Gasteiger partial charge is 0.508 e. The summed E-state index contributed by atoms with van der Waals surface area (Å²) in [6.07, 6.45) is 5.87. The summed E-state index contributed by atoms with van der Waals surface area (Å²) in [6, 6.07) is 6.61. The molecule has 1 rings (SSSR count). The molecule has 72 valence electrons. The van der Waals surface area contributed by atoms with Crippen LogP contribution in [0, 0.1) is 0 Å². The first-order chi connectivity index (χ1) is 6.68. The van der Waals surface area contributed by atoms with Crippen LogP contribution in [0.25, 0.3) is 6.08 Å². The van der Waals surface area contributed by atoms with E-state index >= 15 is 0 Å². The standard InChI is InChI=1S/C11H10O3/c12-10-7-5-9(6-8-10)3-1-2-4-11(13)14/h1-8,12H,(H,13,14)/b3-1+,4-2-. The lowest BCUT2D eigenvalue weighted by molar-refractivity contribution is -0.131. The summed E-state index contributed by atoms with van der Waals surface area (Å²) in [5, 5.41) is 17.3. The molecule has 0 radical (unpaired) electrons. The summed E-state index contributed by atoms with van der Waals surface area (Å²) >= 11 is 0. The summed E-state index contributed by atoms with van der Waals surface area (Å²) in [5.41, 5.74) is 0.901. The van der Waals surface area contributed by atoms with Gasteiger partial charge in [-0.3, -0.25) is 0 Å². The Morgan fingerprint density at radius 3 is 2.36 bits per heavy atom. The Balaban J connectivity index is 2.60. The smallest absolute Gasteiger partial charge is 0.328 e. The molecule has 0 amide bonds. The second-order valence-corrected chi connectivity index (χ2v) is 2.65. The van der Waals surface area contributed by atoms with E-state index in [1.165, 1.54) is 6.08 Å². The molecule has 0 unspecified atom stereocenters. The van der Waals surface area contributed by atoms with E-state index in [-0.39, 0.29) is 5.75 Å². The van der Waals surface area contributed by atoms with Crippen LogP contribution in [0.4, 0.5) is 0 Å². The van der Waals surface area contributed by atoms with Crippen molar-refractivity contribution in [2.45, 2.75) is 0 Å². The first-order valence-corrected chi connectivity index (χ1v) is 4.05. The van der Waals surface area contributed by atoms with Crippen LogP contribution in [0.1, 0.15) is 5.56 Å². The van der Waals surface area contributed by atoms with E-state index in [0.717, 1.165) is 11.6 Å². The van der Waals surface area contributed by atoms with Crippen molar-refractivity contribution in [2.75, 3.05) is 0 Å².